The summed E-state index contributed by atoms with van der Waals surface area (Å²) in [6.45, 7) is 3.00. The third-order valence-electron chi connectivity index (χ3n) is 2.34. The minimum atomic E-state index is -4.24. The van der Waals surface area contributed by atoms with Gasteiger partial charge in [0, 0.05) is 12.1 Å². The number of rotatable bonds is 5. The third kappa shape index (κ3) is 3.46. The molecule has 1 aromatic rings. The van der Waals surface area contributed by atoms with Crippen LogP contribution in [-0.2, 0) is 10.0 Å². The summed E-state index contributed by atoms with van der Waals surface area (Å²) in [5, 5.41) is 10.8. The fourth-order valence-electron chi connectivity index (χ4n) is 1.35. The second kappa shape index (κ2) is 5.19. The van der Waals surface area contributed by atoms with E-state index in [9.17, 15) is 22.9 Å². The Morgan fingerprint density at radius 1 is 1.47 bits per heavy atom. The summed E-state index contributed by atoms with van der Waals surface area (Å²) in [6.07, 6.45) is 0. The highest BCUT2D eigenvalue weighted by Crippen LogP contribution is 2.27. The van der Waals surface area contributed by atoms with Crippen LogP contribution in [0.5, 0.6) is 0 Å². The molecule has 106 valence electrons. The maximum absolute atomic E-state index is 13.4. The molecule has 7 nitrogen and oxygen atoms in total. The molecule has 0 saturated heterocycles. The molecule has 0 atom stereocenters. The van der Waals surface area contributed by atoms with Crippen molar-refractivity contribution in [2.24, 2.45) is 5.73 Å². The van der Waals surface area contributed by atoms with Gasteiger partial charge >= 0.3 is 5.69 Å². The molecule has 0 saturated carbocycles. The van der Waals surface area contributed by atoms with Gasteiger partial charge in [0.15, 0.2) is 4.90 Å². The van der Waals surface area contributed by atoms with E-state index >= 15 is 0 Å². The Bertz CT molecular complexity index is 601. The van der Waals surface area contributed by atoms with Gasteiger partial charge in [-0.2, -0.15) is 4.39 Å². The Hall–Kier alpha value is -1.58. The lowest BCUT2D eigenvalue weighted by Crippen LogP contribution is -2.48. The Kier molecular flexibility index (Phi) is 4.23. The molecule has 0 fully saturated rings. The van der Waals surface area contributed by atoms with Gasteiger partial charge in [-0.25, -0.2) is 13.1 Å². The number of hydrogen-bond donors (Lipinski definition) is 2. The van der Waals surface area contributed by atoms with Crippen molar-refractivity contribution < 1.29 is 17.7 Å². The van der Waals surface area contributed by atoms with Crippen LogP contribution in [0.3, 0.4) is 0 Å². The zero-order valence-electron chi connectivity index (χ0n) is 10.4. The van der Waals surface area contributed by atoms with Gasteiger partial charge in [-0.05, 0) is 26.0 Å². The van der Waals surface area contributed by atoms with E-state index in [1.54, 1.807) is 0 Å². The summed E-state index contributed by atoms with van der Waals surface area (Å²) in [5.74, 6) is -1.21. The average Bonchev–Trinajstić information content (AvgIpc) is 2.27. The van der Waals surface area contributed by atoms with Crippen LogP contribution >= 0.6 is 0 Å². The standard InChI is InChI=1S/C10H14FN3O4S/c1-10(2,6-12)13-19(17,18)8-5-3-4-7(11)9(8)14(15)16/h3-5,13H,6,12H2,1-2H3. The quantitative estimate of drug-likeness (QED) is 0.613. The van der Waals surface area contributed by atoms with E-state index in [1.807, 2.05) is 0 Å². The van der Waals surface area contributed by atoms with Gasteiger partial charge in [0.05, 0.1) is 4.92 Å². The molecule has 0 unspecified atom stereocenters. The van der Waals surface area contributed by atoms with E-state index in [1.165, 1.54) is 13.8 Å². The SMILES string of the molecule is CC(C)(CN)NS(=O)(=O)c1cccc(F)c1[N+](=O)[O-]. The summed E-state index contributed by atoms with van der Waals surface area (Å²) in [6, 6.07) is 2.88. The van der Waals surface area contributed by atoms with Crippen LogP contribution in [0.4, 0.5) is 10.1 Å². The van der Waals surface area contributed by atoms with Crippen molar-refractivity contribution >= 4 is 15.7 Å². The molecule has 0 bridgehead atoms. The predicted molar refractivity (Wildman–Crippen MR) is 66.5 cm³/mol. The zero-order chi connectivity index (χ0) is 14.8. The summed E-state index contributed by atoms with van der Waals surface area (Å²) < 4.78 is 39.7. The smallest absolute Gasteiger partial charge is 0.324 e. The van der Waals surface area contributed by atoms with Crippen LogP contribution in [0.15, 0.2) is 23.1 Å². The first kappa shape index (κ1) is 15.5. The molecule has 19 heavy (non-hydrogen) atoms. The number of benzene rings is 1. The van der Waals surface area contributed by atoms with E-state index in [0.717, 1.165) is 18.2 Å². The van der Waals surface area contributed by atoms with Gasteiger partial charge in [0.25, 0.3) is 0 Å². The highest BCUT2D eigenvalue weighted by atomic mass is 32.2. The van der Waals surface area contributed by atoms with E-state index in [0.29, 0.717) is 0 Å². The molecular formula is C10H14FN3O4S. The van der Waals surface area contributed by atoms with Crippen molar-refractivity contribution in [1.82, 2.24) is 4.72 Å². The van der Waals surface area contributed by atoms with E-state index in [4.69, 9.17) is 5.73 Å². The molecule has 0 aliphatic heterocycles. The Morgan fingerprint density at radius 3 is 2.53 bits per heavy atom. The Balaban J connectivity index is 3.38. The second-order valence-electron chi connectivity index (χ2n) is 4.54. The van der Waals surface area contributed by atoms with Crippen LogP contribution in [-0.4, -0.2) is 25.4 Å². The highest BCUT2D eigenvalue weighted by molar-refractivity contribution is 7.89. The van der Waals surface area contributed by atoms with Crippen molar-refractivity contribution in [3.05, 3.63) is 34.1 Å². The number of nitro benzene ring substituents is 1. The zero-order valence-corrected chi connectivity index (χ0v) is 11.2. The second-order valence-corrected chi connectivity index (χ2v) is 6.19. The lowest BCUT2D eigenvalue weighted by atomic mass is 10.1. The molecule has 0 aromatic heterocycles. The molecule has 9 heteroatoms. The highest BCUT2D eigenvalue weighted by Gasteiger charge is 2.32. The van der Waals surface area contributed by atoms with Crippen LogP contribution in [0.1, 0.15) is 13.8 Å². The normalized spacial score (nSPS) is 12.4. The molecule has 0 heterocycles. The fourth-order valence-corrected chi connectivity index (χ4v) is 2.96. The van der Waals surface area contributed by atoms with Gasteiger partial charge in [0.2, 0.25) is 15.8 Å². The molecular weight excluding hydrogens is 277 g/mol. The topological polar surface area (TPSA) is 115 Å². The molecule has 1 rings (SSSR count). The van der Waals surface area contributed by atoms with Gasteiger partial charge in [-0.1, -0.05) is 6.07 Å². The van der Waals surface area contributed by atoms with E-state index in [2.05, 4.69) is 4.72 Å². The summed E-state index contributed by atoms with van der Waals surface area (Å²) in [4.78, 5) is 8.98. The third-order valence-corrected chi connectivity index (χ3v) is 4.07. The first-order valence-corrected chi connectivity index (χ1v) is 6.76. The van der Waals surface area contributed by atoms with Crippen LogP contribution in [0, 0.1) is 15.9 Å². The number of halogens is 1. The summed E-state index contributed by atoms with van der Waals surface area (Å²) in [5.41, 5.74) is 3.30. The van der Waals surface area contributed by atoms with E-state index < -0.39 is 36.9 Å². The first-order chi connectivity index (χ1) is 8.60. The number of para-hydroxylation sites is 1. The van der Waals surface area contributed by atoms with Crippen molar-refractivity contribution in [1.29, 1.82) is 0 Å². The van der Waals surface area contributed by atoms with Crippen LogP contribution in [0.2, 0.25) is 0 Å². The number of nitrogens with zero attached hydrogens (tertiary/aromatic N) is 1. The summed E-state index contributed by atoms with van der Waals surface area (Å²) in [7, 11) is -4.24. The number of nitro groups is 1. The number of sulfonamides is 1. The molecule has 0 amide bonds. The minimum absolute atomic E-state index is 0.0185. The molecule has 0 aliphatic rings. The van der Waals surface area contributed by atoms with E-state index in [-0.39, 0.29) is 6.54 Å². The largest absolute Gasteiger partial charge is 0.329 e. The fraction of sp³-hybridized carbons (Fsp3) is 0.400. The van der Waals surface area contributed by atoms with Gasteiger partial charge in [-0.3, -0.25) is 10.1 Å². The number of nitrogens with two attached hydrogens (primary N) is 1. The minimum Gasteiger partial charge on any atom is -0.329 e. The van der Waals surface area contributed by atoms with Gasteiger partial charge < -0.3 is 5.73 Å². The molecule has 0 aliphatic carbocycles. The van der Waals surface area contributed by atoms with Crippen molar-refractivity contribution in [2.75, 3.05) is 6.54 Å². The maximum Gasteiger partial charge on any atom is 0.324 e. The van der Waals surface area contributed by atoms with Gasteiger partial charge in [0.1, 0.15) is 0 Å². The van der Waals surface area contributed by atoms with Gasteiger partial charge in [-0.15, -0.1) is 0 Å². The lowest BCUT2D eigenvalue weighted by Gasteiger charge is -2.23. The monoisotopic (exact) mass is 291 g/mol. The number of nitrogens with one attached hydrogen (secondary N) is 1. The van der Waals surface area contributed by atoms with Crippen LogP contribution in [0.25, 0.3) is 0 Å². The molecule has 1 aromatic carbocycles. The average molecular weight is 291 g/mol. The Labute approximate surface area is 109 Å². The van der Waals surface area contributed by atoms with Crippen molar-refractivity contribution in [3.8, 4) is 0 Å². The van der Waals surface area contributed by atoms with Crippen molar-refractivity contribution in [3.63, 3.8) is 0 Å². The summed E-state index contributed by atoms with van der Waals surface area (Å²) >= 11 is 0. The number of hydrogen-bond acceptors (Lipinski definition) is 5. The predicted octanol–water partition coefficient (Wildman–Crippen LogP) is 0.750. The molecule has 3 N–H and O–H groups in total. The molecule has 0 spiro atoms. The first-order valence-electron chi connectivity index (χ1n) is 5.28. The lowest BCUT2D eigenvalue weighted by molar-refractivity contribution is -0.390. The molecule has 0 radical (unpaired) electrons. The van der Waals surface area contributed by atoms with Crippen LogP contribution < -0.4 is 10.5 Å². The maximum atomic E-state index is 13.4. The van der Waals surface area contributed by atoms with Crippen molar-refractivity contribution in [2.45, 2.75) is 24.3 Å². The Morgan fingerprint density at radius 2 is 2.05 bits per heavy atom.